The topological polar surface area (TPSA) is 64.8 Å². The number of hydrogen-bond donors (Lipinski definition) is 2. The normalized spacial score (nSPS) is 15.6. The maximum atomic E-state index is 12.1. The quantitative estimate of drug-likeness (QED) is 0.895. The minimum atomic E-state index is 0.0400. The Morgan fingerprint density at radius 1 is 1.45 bits per heavy atom. The van der Waals surface area contributed by atoms with Crippen molar-refractivity contribution in [3.63, 3.8) is 0 Å². The van der Waals surface area contributed by atoms with Gasteiger partial charge in [-0.1, -0.05) is 13.8 Å². The van der Waals surface area contributed by atoms with Gasteiger partial charge in [-0.3, -0.25) is 9.69 Å². The third-order valence-corrected chi connectivity index (χ3v) is 3.77. The predicted octanol–water partition coefficient (Wildman–Crippen LogP) is 1.78. The van der Waals surface area contributed by atoms with Crippen molar-refractivity contribution >= 4 is 0 Å². The van der Waals surface area contributed by atoms with Crippen LogP contribution < -0.4 is 5.56 Å². The van der Waals surface area contributed by atoms with Crippen molar-refractivity contribution in [2.24, 2.45) is 0 Å². The standard InChI is InChI=1S/C15H20N4O/c1-10(2)14-17-13-9-19(8-11-4-3-6-16-11)7-5-12(13)15(20)18-14/h3-4,6,10,16H,5,7-9H2,1-2H3,(H,17,18,20). The molecule has 0 radical (unpaired) electrons. The Labute approximate surface area is 118 Å². The Kier molecular flexibility index (Phi) is 3.44. The van der Waals surface area contributed by atoms with E-state index in [2.05, 4.69) is 25.9 Å². The molecular formula is C15H20N4O. The molecule has 5 nitrogen and oxygen atoms in total. The van der Waals surface area contributed by atoms with E-state index in [4.69, 9.17) is 0 Å². The van der Waals surface area contributed by atoms with E-state index in [-0.39, 0.29) is 11.5 Å². The van der Waals surface area contributed by atoms with E-state index in [0.717, 1.165) is 43.1 Å². The molecule has 0 aromatic carbocycles. The molecule has 0 bridgehead atoms. The van der Waals surface area contributed by atoms with Gasteiger partial charge < -0.3 is 9.97 Å². The smallest absolute Gasteiger partial charge is 0.254 e. The predicted molar refractivity (Wildman–Crippen MR) is 77.6 cm³/mol. The molecule has 0 saturated carbocycles. The number of fused-ring (bicyclic) bond motifs is 1. The summed E-state index contributed by atoms with van der Waals surface area (Å²) in [5, 5.41) is 0. The molecule has 20 heavy (non-hydrogen) atoms. The molecule has 0 atom stereocenters. The van der Waals surface area contributed by atoms with Crippen LogP contribution in [0.4, 0.5) is 0 Å². The first kappa shape index (κ1) is 13.1. The fourth-order valence-corrected chi connectivity index (χ4v) is 2.63. The van der Waals surface area contributed by atoms with Crippen LogP contribution in [0.5, 0.6) is 0 Å². The van der Waals surface area contributed by atoms with Crippen molar-refractivity contribution in [3.8, 4) is 0 Å². The third-order valence-electron chi connectivity index (χ3n) is 3.77. The van der Waals surface area contributed by atoms with E-state index >= 15 is 0 Å². The fraction of sp³-hybridized carbons (Fsp3) is 0.467. The lowest BCUT2D eigenvalue weighted by Crippen LogP contribution is -2.35. The largest absolute Gasteiger partial charge is 0.364 e. The lowest BCUT2D eigenvalue weighted by molar-refractivity contribution is 0.237. The monoisotopic (exact) mass is 272 g/mol. The molecule has 0 spiro atoms. The van der Waals surface area contributed by atoms with E-state index in [0.29, 0.717) is 0 Å². The lowest BCUT2D eigenvalue weighted by Gasteiger charge is -2.27. The number of H-pyrrole nitrogens is 2. The van der Waals surface area contributed by atoms with Gasteiger partial charge in [0.1, 0.15) is 5.82 Å². The molecule has 1 aliphatic heterocycles. The molecule has 3 heterocycles. The van der Waals surface area contributed by atoms with Gasteiger partial charge in [-0.25, -0.2) is 4.98 Å². The third kappa shape index (κ3) is 2.54. The maximum absolute atomic E-state index is 12.1. The summed E-state index contributed by atoms with van der Waals surface area (Å²) in [5.74, 6) is 1.03. The maximum Gasteiger partial charge on any atom is 0.254 e. The molecule has 0 fully saturated rings. The van der Waals surface area contributed by atoms with Crippen LogP contribution >= 0.6 is 0 Å². The number of hydrogen-bond acceptors (Lipinski definition) is 3. The molecule has 0 unspecified atom stereocenters. The second-order valence-electron chi connectivity index (χ2n) is 5.69. The van der Waals surface area contributed by atoms with Gasteiger partial charge in [0.25, 0.3) is 5.56 Å². The van der Waals surface area contributed by atoms with E-state index in [9.17, 15) is 4.79 Å². The summed E-state index contributed by atoms with van der Waals surface area (Å²) in [7, 11) is 0. The highest BCUT2D eigenvalue weighted by Crippen LogP contribution is 2.17. The minimum Gasteiger partial charge on any atom is -0.364 e. The van der Waals surface area contributed by atoms with Crippen molar-refractivity contribution in [2.75, 3.05) is 6.54 Å². The molecule has 0 saturated heterocycles. The number of aromatic amines is 2. The van der Waals surface area contributed by atoms with Gasteiger partial charge in [0.15, 0.2) is 0 Å². The summed E-state index contributed by atoms with van der Waals surface area (Å²) >= 11 is 0. The zero-order chi connectivity index (χ0) is 14.1. The van der Waals surface area contributed by atoms with Crippen LogP contribution in [0, 0.1) is 0 Å². The van der Waals surface area contributed by atoms with Gasteiger partial charge in [0.2, 0.25) is 0 Å². The molecule has 5 heteroatoms. The van der Waals surface area contributed by atoms with Gasteiger partial charge >= 0.3 is 0 Å². The van der Waals surface area contributed by atoms with Crippen LogP contribution in [0.1, 0.15) is 42.5 Å². The van der Waals surface area contributed by atoms with E-state index < -0.39 is 0 Å². The minimum absolute atomic E-state index is 0.0400. The lowest BCUT2D eigenvalue weighted by atomic mass is 10.1. The number of nitrogens with one attached hydrogen (secondary N) is 2. The molecule has 2 aromatic heterocycles. The molecule has 2 aromatic rings. The Balaban J connectivity index is 1.84. The molecule has 0 amide bonds. The van der Waals surface area contributed by atoms with E-state index in [1.807, 2.05) is 26.1 Å². The van der Waals surface area contributed by atoms with Gasteiger partial charge in [-0.05, 0) is 18.6 Å². The molecular weight excluding hydrogens is 252 g/mol. The Hall–Kier alpha value is -1.88. The van der Waals surface area contributed by atoms with Gasteiger partial charge in [0, 0.05) is 43.0 Å². The molecule has 2 N–H and O–H groups in total. The Morgan fingerprint density at radius 3 is 3.00 bits per heavy atom. The zero-order valence-corrected chi connectivity index (χ0v) is 11.9. The molecule has 1 aliphatic rings. The Bertz CT molecular complexity index is 642. The van der Waals surface area contributed by atoms with Crippen molar-refractivity contribution in [3.05, 3.63) is 51.5 Å². The molecule has 106 valence electrons. The van der Waals surface area contributed by atoms with Gasteiger partial charge in [0.05, 0.1) is 5.69 Å². The van der Waals surface area contributed by atoms with E-state index in [1.165, 1.54) is 5.69 Å². The first-order valence-electron chi connectivity index (χ1n) is 7.10. The average Bonchev–Trinajstić information content (AvgIpc) is 2.91. The highest BCUT2D eigenvalue weighted by Gasteiger charge is 2.21. The molecule has 0 aliphatic carbocycles. The number of aromatic nitrogens is 3. The first-order valence-corrected chi connectivity index (χ1v) is 7.10. The van der Waals surface area contributed by atoms with Crippen LogP contribution in [0.25, 0.3) is 0 Å². The summed E-state index contributed by atoms with van der Waals surface area (Å²) in [6.45, 7) is 6.61. The fourth-order valence-electron chi connectivity index (χ4n) is 2.63. The van der Waals surface area contributed by atoms with Crippen molar-refractivity contribution in [1.82, 2.24) is 19.9 Å². The summed E-state index contributed by atoms with van der Waals surface area (Å²) in [6, 6.07) is 4.09. The summed E-state index contributed by atoms with van der Waals surface area (Å²) in [4.78, 5) is 25.2. The van der Waals surface area contributed by atoms with E-state index in [1.54, 1.807) is 0 Å². The van der Waals surface area contributed by atoms with Gasteiger partial charge in [-0.2, -0.15) is 0 Å². The van der Waals surface area contributed by atoms with Crippen LogP contribution in [-0.4, -0.2) is 26.4 Å². The summed E-state index contributed by atoms with van der Waals surface area (Å²) < 4.78 is 0. The Morgan fingerprint density at radius 2 is 2.30 bits per heavy atom. The highest BCUT2D eigenvalue weighted by atomic mass is 16.1. The average molecular weight is 272 g/mol. The van der Waals surface area contributed by atoms with Crippen LogP contribution in [0.3, 0.4) is 0 Å². The summed E-state index contributed by atoms with van der Waals surface area (Å²) in [5.41, 5.74) is 3.04. The van der Waals surface area contributed by atoms with Crippen LogP contribution in [0.15, 0.2) is 23.1 Å². The second kappa shape index (κ2) is 5.25. The SMILES string of the molecule is CC(C)c1nc2c(c(=O)[nH]1)CCN(Cc1ccc[nH]1)C2. The van der Waals surface area contributed by atoms with Crippen LogP contribution in [-0.2, 0) is 19.5 Å². The molecule has 3 rings (SSSR count). The highest BCUT2D eigenvalue weighted by molar-refractivity contribution is 5.22. The van der Waals surface area contributed by atoms with Crippen LogP contribution in [0.2, 0.25) is 0 Å². The first-order chi connectivity index (χ1) is 9.63. The number of rotatable bonds is 3. The van der Waals surface area contributed by atoms with Crippen molar-refractivity contribution < 1.29 is 0 Å². The van der Waals surface area contributed by atoms with Gasteiger partial charge in [-0.15, -0.1) is 0 Å². The number of nitrogens with zero attached hydrogens (tertiary/aromatic N) is 2. The second-order valence-corrected chi connectivity index (χ2v) is 5.69. The van der Waals surface area contributed by atoms with Crippen molar-refractivity contribution in [1.29, 1.82) is 0 Å². The summed E-state index contributed by atoms with van der Waals surface area (Å²) in [6.07, 6.45) is 2.71. The zero-order valence-electron chi connectivity index (χ0n) is 11.9. The van der Waals surface area contributed by atoms with Crippen molar-refractivity contribution in [2.45, 2.75) is 39.3 Å².